The van der Waals surface area contributed by atoms with Crippen LogP contribution in [0.5, 0.6) is 0 Å². The zero-order valence-electron chi connectivity index (χ0n) is 16.7. The van der Waals surface area contributed by atoms with Gasteiger partial charge in [0.15, 0.2) is 6.04 Å². The molecule has 0 spiro atoms. The molecule has 8 nitrogen and oxygen atoms in total. The molecule has 0 radical (unpaired) electrons. The van der Waals surface area contributed by atoms with E-state index in [0.29, 0.717) is 5.69 Å². The molecule has 0 bridgehead atoms. The predicted molar refractivity (Wildman–Crippen MR) is 117 cm³/mol. The van der Waals surface area contributed by atoms with Gasteiger partial charge in [-0.2, -0.15) is 0 Å². The Bertz CT molecular complexity index is 1330. The van der Waals surface area contributed by atoms with Crippen LogP contribution in [0.15, 0.2) is 79.1 Å². The summed E-state index contributed by atoms with van der Waals surface area (Å²) in [4.78, 5) is 21.1. The van der Waals surface area contributed by atoms with Gasteiger partial charge in [0.05, 0.1) is 11.0 Å². The highest BCUT2D eigenvalue weighted by Gasteiger charge is 2.24. The van der Waals surface area contributed by atoms with Crippen molar-refractivity contribution in [2.24, 2.45) is 0 Å². The third-order valence-electron chi connectivity index (χ3n) is 5.06. The predicted octanol–water partition coefficient (Wildman–Crippen LogP) is 3.75. The Balaban J connectivity index is 1.38. The summed E-state index contributed by atoms with van der Waals surface area (Å²) in [5, 5.41) is 14.2. The number of tetrazole rings is 1. The minimum atomic E-state index is -0.672. The van der Waals surface area contributed by atoms with Crippen LogP contribution in [0.3, 0.4) is 0 Å². The van der Waals surface area contributed by atoms with Gasteiger partial charge < -0.3 is 10.3 Å². The highest BCUT2D eigenvalue weighted by atomic mass is 16.2. The maximum Gasteiger partial charge on any atom is 0.253 e. The lowest BCUT2D eigenvalue weighted by Crippen LogP contribution is -2.27. The number of carbonyl (C=O) groups is 1. The molecule has 2 N–H and O–H groups in total. The molecule has 8 heteroatoms. The van der Waals surface area contributed by atoms with E-state index in [1.165, 1.54) is 16.6 Å². The van der Waals surface area contributed by atoms with Gasteiger partial charge in [0, 0.05) is 11.3 Å². The van der Waals surface area contributed by atoms with Gasteiger partial charge in [0.25, 0.3) is 5.91 Å². The summed E-state index contributed by atoms with van der Waals surface area (Å²) >= 11 is 0. The third kappa shape index (κ3) is 3.78. The summed E-state index contributed by atoms with van der Waals surface area (Å²) in [6.07, 6.45) is 1.43. The Morgan fingerprint density at radius 1 is 1.03 bits per heavy atom. The van der Waals surface area contributed by atoms with Crippen molar-refractivity contribution in [1.29, 1.82) is 0 Å². The van der Waals surface area contributed by atoms with Gasteiger partial charge in [0.1, 0.15) is 12.2 Å². The van der Waals surface area contributed by atoms with Gasteiger partial charge in [-0.15, -0.1) is 5.10 Å². The molecule has 2 heterocycles. The molecule has 0 saturated carbocycles. The fourth-order valence-electron chi connectivity index (χ4n) is 3.53. The Morgan fingerprint density at radius 2 is 1.84 bits per heavy atom. The molecule has 0 aliphatic heterocycles. The van der Waals surface area contributed by atoms with Gasteiger partial charge in [0.2, 0.25) is 0 Å². The molecule has 5 aromatic rings. The number of hydrogen-bond donors (Lipinski definition) is 2. The van der Waals surface area contributed by atoms with E-state index in [-0.39, 0.29) is 5.91 Å². The van der Waals surface area contributed by atoms with Gasteiger partial charge in [-0.3, -0.25) is 4.79 Å². The Hall–Kier alpha value is -4.33. The summed E-state index contributed by atoms with van der Waals surface area (Å²) in [5.41, 5.74) is 5.50. The number of rotatable bonds is 5. The van der Waals surface area contributed by atoms with Crippen molar-refractivity contribution >= 4 is 22.6 Å². The highest BCUT2D eigenvalue weighted by molar-refractivity contribution is 5.96. The quantitative estimate of drug-likeness (QED) is 0.460. The highest BCUT2D eigenvalue weighted by Crippen LogP contribution is 2.24. The summed E-state index contributed by atoms with van der Waals surface area (Å²) in [7, 11) is 0. The number of H-pyrrole nitrogens is 1. The Morgan fingerprint density at radius 3 is 2.58 bits per heavy atom. The van der Waals surface area contributed by atoms with Crippen LogP contribution in [0.1, 0.15) is 17.2 Å². The lowest BCUT2D eigenvalue weighted by molar-refractivity contribution is -0.118. The number of nitrogens with zero attached hydrogens (tertiary/aromatic N) is 5. The number of amides is 1. The largest absolute Gasteiger partial charge is 0.338 e. The minimum Gasteiger partial charge on any atom is -0.338 e. The number of fused-ring (bicyclic) bond motifs is 1. The number of hydrogen-bond acceptors (Lipinski definition) is 5. The van der Waals surface area contributed by atoms with Crippen LogP contribution in [-0.4, -0.2) is 36.1 Å². The topological polar surface area (TPSA) is 101 Å². The van der Waals surface area contributed by atoms with E-state index in [2.05, 4.69) is 43.8 Å². The first-order valence-corrected chi connectivity index (χ1v) is 9.82. The van der Waals surface area contributed by atoms with Crippen LogP contribution in [0.2, 0.25) is 0 Å². The molecule has 0 saturated heterocycles. The molecule has 1 amide bonds. The average Bonchev–Trinajstić information content (AvgIpc) is 3.45. The number of aromatic nitrogens is 6. The van der Waals surface area contributed by atoms with E-state index in [9.17, 15) is 4.79 Å². The summed E-state index contributed by atoms with van der Waals surface area (Å²) in [5.74, 6) is 0.555. The van der Waals surface area contributed by atoms with Crippen molar-refractivity contribution in [3.63, 3.8) is 0 Å². The molecule has 0 aliphatic carbocycles. The van der Waals surface area contributed by atoms with Gasteiger partial charge in [-0.05, 0) is 64.9 Å². The molecule has 152 valence electrons. The van der Waals surface area contributed by atoms with Gasteiger partial charge >= 0.3 is 0 Å². The number of imidazole rings is 1. The molecular weight excluding hydrogens is 390 g/mol. The molecule has 3 aromatic carbocycles. The molecule has 1 unspecified atom stereocenters. The van der Waals surface area contributed by atoms with E-state index in [1.54, 1.807) is 0 Å². The molecule has 31 heavy (non-hydrogen) atoms. The van der Waals surface area contributed by atoms with E-state index < -0.39 is 6.04 Å². The first-order chi connectivity index (χ1) is 15.2. The van der Waals surface area contributed by atoms with Crippen molar-refractivity contribution in [1.82, 2.24) is 30.2 Å². The Kier molecular flexibility index (Phi) is 4.72. The monoisotopic (exact) mass is 409 g/mol. The van der Waals surface area contributed by atoms with Crippen molar-refractivity contribution in [3.05, 3.63) is 90.3 Å². The second kappa shape index (κ2) is 7.83. The van der Waals surface area contributed by atoms with E-state index >= 15 is 0 Å². The smallest absolute Gasteiger partial charge is 0.253 e. The molecule has 0 aliphatic rings. The minimum absolute atomic E-state index is 0.231. The fraction of sp³-hybridized carbons (Fsp3) is 0.0870. The summed E-state index contributed by atoms with van der Waals surface area (Å²) < 4.78 is 1.44. The lowest BCUT2D eigenvalue weighted by Gasteiger charge is -2.16. The van der Waals surface area contributed by atoms with Crippen molar-refractivity contribution in [2.45, 2.75) is 13.0 Å². The number of anilines is 1. The van der Waals surface area contributed by atoms with Crippen molar-refractivity contribution in [3.8, 4) is 11.4 Å². The number of nitrogens with one attached hydrogen (secondary N) is 2. The zero-order chi connectivity index (χ0) is 21.2. The van der Waals surface area contributed by atoms with E-state index in [1.807, 2.05) is 66.7 Å². The number of aryl methyl sites for hydroxylation is 1. The second-order valence-electron chi connectivity index (χ2n) is 7.28. The summed E-state index contributed by atoms with van der Waals surface area (Å²) in [6.45, 7) is 2.05. The molecule has 0 fully saturated rings. The molecule has 5 rings (SSSR count). The maximum atomic E-state index is 13.1. The second-order valence-corrected chi connectivity index (χ2v) is 7.28. The lowest BCUT2D eigenvalue weighted by atomic mass is 10.1. The van der Waals surface area contributed by atoms with Gasteiger partial charge in [-0.1, -0.05) is 36.4 Å². The normalized spacial score (nSPS) is 12.0. The summed E-state index contributed by atoms with van der Waals surface area (Å²) in [6, 6.07) is 22.4. The van der Waals surface area contributed by atoms with E-state index in [0.717, 1.165) is 28.0 Å². The Labute approximate surface area is 178 Å². The SMILES string of the molecule is Cc1ccc2nc(-c3ccc(NC(=O)C(c4ccccc4)n4cnnn4)cc3)[nH]c2c1. The van der Waals surface area contributed by atoms with Crippen LogP contribution >= 0.6 is 0 Å². The van der Waals surface area contributed by atoms with Crippen LogP contribution in [0, 0.1) is 6.92 Å². The van der Waals surface area contributed by atoms with Gasteiger partial charge in [-0.25, -0.2) is 9.67 Å². The van der Waals surface area contributed by atoms with Crippen LogP contribution < -0.4 is 5.32 Å². The zero-order valence-corrected chi connectivity index (χ0v) is 16.7. The van der Waals surface area contributed by atoms with Crippen LogP contribution in [0.25, 0.3) is 22.4 Å². The van der Waals surface area contributed by atoms with Crippen LogP contribution in [-0.2, 0) is 4.79 Å². The first kappa shape index (κ1) is 18.7. The fourth-order valence-corrected chi connectivity index (χ4v) is 3.53. The maximum absolute atomic E-state index is 13.1. The number of aromatic amines is 1. The standard InChI is InChI=1S/C23H19N7O/c1-15-7-12-19-20(13-15)27-22(26-19)17-8-10-18(11-9-17)25-23(31)21(30-14-24-28-29-30)16-5-3-2-4-6-16/h2-14,21H,1H3,(H,25,31)(H,26,27). The van der Waals surface area contributed by atoms with Crippen molar-refractivity contribution in [2.75, 3.05) is 5.32 Å². The van der Waals surface area contributed by atoms with Crippen LogP contribution in [0.4, 0.5) is 5.69 Å². The molecule has 1 atom stereocenters. The number of benzene rings is 3. The van der Waals surface area contributed by atoms with Crippen molar-refractivity contribution < 1.29 is 4.79 Å². The molecular formula is C23H19N7O. The average molecular weight is 409 g/mol. The third-order valence-corrected chi connectivity index (χ3v) is 5.06. The molecule has 2 aromatic heterocycles. The number of carbonyl (C=O) groups excluding carboxylic acids is 1. The first-order valence-electron chi connectivity index (χ1n) is 9.82. The van der Waals surface area contributed by atoms with E-state index in [4.69, 9.17) is 0 Å².